The van der Waals surface area contributed by atoms with Gasteiger partial charge in [-0.2, -0.15) is 10.2 Å². The second-order valence-corrected chi connectivity index (χ2v) is 9.37. The van der Waals surface area contributed by atoms with Crippen LogP contribution in [0.1, 0.15) is 80.2 Å². The molecule has 2 aromatic heterocycles. The van der Waals surface area contributed by atoms with Gasteiger partial charge in [0.05, 0.1) is 11.8 Å². The van der Waals surface area contributed by atoms with Crippen LogP contribution in [0.4, 0.5) is 0 Å². The summed E-state index contributed by atoms with van der Waals surface area (Å²) in [5, 5.41) is 12.1. The molecule has 1 saturated heterocycles. The highest BCUT2D eigenvalue weighted by Gasteiger charge is 2.33. The molecule has 2 aromatic rings. The Morgan fingerprint density at radius 1 is 1.16 bits per heavy atom. The Bertz CT molecular complexity index is 1060. The molecule has 168 valence electrons. The molecule has 2 unspecified atom stereocenters. The van der Waals surface area contributed by atoms with Crippen LogP contribution >= 0.6 is 0 Å². The fourth-order valence-electron chi connectivity index (χ4n) is 5.25. The predicted octanol–water partition coefficient (Wildman–Crippen LogP) is 3.11. The molecule has 0 bridgehead atoms. The van der Waals surface area contributed by atoms with Crippen molar-refractivity contribution in [3.05, 3.63) is 46.3 Å². The third-order valence-corrected chi connectivity index (χ3v) is 7.11. The Morgan fingerprint density at radius 3 is 2.62 bits per heavy atom. The molecule has 0 spiro atoms. The fourth-order valence-corrected chi connectivity index (χ4v) is 5.25. The van der Waals surface area contributed by atoms with E-state index in [0.717, 1.165) is 25.1 Å². The number of nitrogens with one attached hydrogen (secondary N) is 2. The van der Waals surface area contributed by atoms with Crippen LogP contribution in [0.3, 0.4) is 0 Å². The van der Waals surface area contributed by atoms with Crippen molar-refractivity contribution in [2.24, 2.45) is 5.10 Å². The van der Waals surface area contributed by atoms with Crippen LogP contribution in [0.5, 0.6) is 0 Å². The molecule has 0 radical (unpaired) electrons. The molecule has 2 N–H and O–H groups in total. The molecule has 4 heterocycles. The zero-order chi connectivity index (χ0) is 22.2. The minimum Gasteiger partial charge on any atom is -0.359 e. The van der Waals surface area contributed by atoms with Crippen molar-refractivity contribution in [3.63, 3.8) is 0 Å². The zero-order valence-electron chi connectivity index (χ0n) is 19.1. The van der Waals surface area contributed by atoms with Gasteiger partial charge >= 0.3 is 0 Å². The average molecular weight is 434 g/mol. The lowest BCUT2D eigenvalue weighted by Gasteiger charge is -2.25. The summed E-state index contributed by atoms with van der Waals surface area (Å²) in [7, 11) is 0. The van der Waals surface area contributed by atoms with Crippen molar-refractivity contribution in [2.45, 2.75) is 77.3 Å². The number of aromatic nitrogens is 4. The smallest absolute Gasteiger partial charge is 0.273 e. The van der Waals surface area contributed by atoms with Crippen LogP contribution < -0.4 is 5.43 Å². The first-order valence-corrected chi connectivity index (χ1v) is 11.7. The topological polar surface area (TPSA) is 99.2 Å². The SMILES string of the molecule is Cc1[nH]c(/C=C2/C(=O)NN=C2c2nccnn2)c(C2CC2)c1CCCN1C(C)CCC1C. The largest absolute Gasteiger partial charge is 0.359 e. The van der Waals surface area contributed by atoms with Crippen molar-refractivity contribution in [1.82, 2.24) is 30.5 Å². The van der Waals surface area contributed by atoms with E-state index in [2.05, 4.69) is 56.4 Å². The molecule has 0 aromatic carbocycles. The van der Waals surface area contributed by atoms with Gasteiger partial charge in [-0.25, -0.2) is 10.4 Å². The first-order chi connectivity index (χ1) is 15.5. The fraction of sp³-hybridized carbons (Fsp3) is 0.542. The van der Waals surface area contributed by atoms with Crippen LogP contribution in [0.2, 0.25) is 0 Å². The summed E-state index contributed by atoms with van der Waals surface area (Å²) in [5.41, 5.74) is 8.50. The molecule has 5 rings (SSSR count). The van der Waals surface area contributed by atoms with Gasteiger partial charge in [0, 0.05) is 29.7 Å². The Kier molecular flexibility index (Phi) is 5.63. The number of nitrogens with zero attached hydrogens (tertiary/aromatic N) is 5. The predicted molar refractivity (Wildman–Crippen MR) is 123 cm³/mol. The van der Waals surface area contributed by atoms with E-state index in [0.29, 0.717) is 35.1 Å². The number of hydrazone groups is 1. The Morgan fingerprint density at radius 2 is 1.94 bits per heavy atom. The maximum Gasteiger partial charge on any atom is 0.273 e. The van der Waals surface area contributed by atoms with E-state index >= 15 is 0 Å². The number of hydrogen-bond donors (Lipinski definition) is 2. The minimum atomic E-state index is -0.236. The molecule has 1 amide bonds. The van der Waals surface area contributed by atoms with Gasteiger partial charge in [0.25, 0.3) is 5.91 Å². The van der Waals surface area contributed by atoms with E-state index in [9.17, 15) is 4.79 Å². The number of carbonyl (C=O) groups excluding carboxylic acids is 1. The molecule has 8 heteroatoms. The lowest BCUT2D eigenvalue weighted by atomic mass is 9.98. The summed E-state index contributed by atoms with van der Waals surface area (Å²) in [6.45, 7) is 7.99. The highest BCUT2D eigenvalue weighted by Crippen LogP contribution is 2.45. The summed E-state index contributed by atoms with van der Waals surface area (Å²) < 4.78 is 0. The van der Waals surface area contributed by atoms with Gasteiger partial charge in [-0.15, -0.1) is 5.10 Å². The summed E-state index contributed by atoms with van der Waals surface area (Å²) in [6, 6.07) is 1.38. The van der Waals surface area contributed by atoms with Gasteiger partial charge in [-0.1, -0.05) is 0 Å². The van der Waals surface area contributed by atoms with Crippen LogP contribution in [0.15, 0.2) is 23.1 Å². The highest BCUT2D eigenvalue weighted by atomic mass is 16.2. The maximum absolute atomic E-state index is 12.5. The summed E-state index contributed by atoms with van der Waals surface area (Å²) >= 11 is 0. The Hall–Kier alpha value is -2.87. The van der Waals surface area contributed by atoms with Gasteiger partial charge < -0.3 is 4.98 Å². The van der Waals surface area contributed by atoms with Gasteiger partial charge in [-0.3, -0.25) is 9.69 Å². The molecule has 8 nitrogen and oxygen atoms in total. The number of rotatable bonds is 7. The van der Waals surface area contributed by atoms with Crippen LogP contribution in [0, 0.1) is 6.92 Å². The second kappa shape index (κ2) is 8.58. The molecular weight excluding hydrogens is 402 g/mol. The number of hydrogen-bond acceptors (Lipinski definition) is 6. The van der Waals surface area contributed by atoms with Gasteiger partial charge in [0.1, 0.15) is 5.71 Å². The first kappa shape index (κ1) is 21.0. The molecular formula is C24H31N7O. The number of H-pyrrole nitrogens is 1. The van der Waals surface area contributed by atoms with Crippen molar-refractivity contribution < 1.29 is 4.79 Å². The van der Waals surface area contributed by atoms with E-state index in [1.807, 2.05) is 6.08 Å². The normalized spacial score (nSPS) is 24.9. The summed E-state index contributed by atoms with van der Waals surface area (Å²) in [4.78, 5) is 23.0. The standard InChI is InChI=1S/C24H31N7O/c1-14-6-7-15(2)31(14)12-4-5-18-16(3)27-20(21(18)17-8-9-17)13-19-22(28-30-24(19)32)23-25-10-11-26-29-23/h10-11,13-15,17,27H,4-9,12H2,1-3H3,(H,30,32)/b19-13+. The first-order valence-electron chi connectivity index (χ1n) is 11.7. The molecule has 3 aliphatic rings. The van der Waals surface area contributed by atoms with Crippen LogP contribution in [-0.2, 0) is 11.2 Å². The van der Waals surface area contributed by atoms with Gasteiger partial charge in [-0.05, 0) is 89.0 Å². The van der Waals surface area contributed by atoms with Crippen LogP contribution in [0.25, 0.3) is 6.08 Å². The van der Waals surface area contributed by atoms with Crippen molar-refractivity contribution >= 4 is 17.7 Å². The van der Waals surface area contributed by atoms with Crippen molar-refractivity contribution in [2.75, 3.05) is 6.54 Å². The maximum atomic E-state index is 12.5. The molecule has 2 aliphatic heterocycles. The van der Waals surface area contributed by atoms with Crippen molar-refractivity contribution in [3.8, 4) is 0 Å². The van der Waals surface area contributed by atoms with E-state index < -0.39 is 0 Å². The van der Waals surface area contributed by atoms with E-state index in [1.54, 1.807) is 6.20 Å². The van der Waals surface area contributed by atoms with E-state index in [4.69, 9.17) is 0 Å². The molecule has 1 saturated carbocycles. The molecule has 2 fully saturated rings. The molecule has 32 heavy (non-hydrogen) atoms. The third-order valence-electron chi connectivity index (χ3n) is 7.11. The zero-order valence-corrected chi connectivity index (χ0v) is 19.1. The third kappa shape index (κ3) is 3.99. The van der Waals surface area contributed by atoms with E-state index in [1.165, 1.54) is 48.7 Å². The molecule has 2 atom stereocenters. The average Bonchev–Trinajstić information content (AvgIpc) is 3.40. The number of likely N-dealkylation sites (tertiary alicyclic amines) is 1. The van der Waals surface area contributed by atoms with Crippen LogP contribution in [-0.4, -0.2) is 55.3 Å². The van der Waals surface area contributed by atoms with Gasteiger partial charge in [0.2, 0.25) is 5.82 Å². The lowest BCUT2D eigenvalue weighted by Crippen LogP contribution is -2.33. The van der Waals surface area contributed by atoms with Crippen molar-refractivity contribution in [1.29, 1.82) is 0 Å². The number of amides is 1. The summed E-state index contributed by atoms with van der Waals surface area (Å²) in [6.07, 6.45) is 12.2. The number of aromatic amines is 1. The van der Waals surface area contributed by atoms with Gasteiger partial charge in [0.15, 0.2) is 0 Å². The summed E-state index contributed by atoms with van der Waals surface area (Å²) in [5.74, 6) is 0.688. The Labute approximate surface area is 188 Å². The quantitative estimate of drug-likeness (QED) is 0.654. The highest BCUT2D eigenvalue weighted by molar-refractivity contribution is 6.32. The second-order valence-electron chi connectivity index (χ2n) is 9.37. The number of aryl methyl sites for hydroxylation is 1. The Balaban J connectivity index is 1.40. The van der Waals surface area contributed by atoms with E-state index in [-0.39, 0.29) is 5.91 Å². The minimum absolute atomic E-state index is 0.236. The molecule has 1 aliphatic carbocycles. The number of carbonyl (C=O) groups is 1. The lowest BCUT2D eigenvalue weighted by molar-refractivity contribution is -0.116. The monoisotopic (exact) mass is 433 g/mol.